The number of carbonyl (C=O) groups is 1. The van der Waals surface area contributed by atoms with Gasteiger partial charge < -0.3 is 15.0 Å². The molecule has 2 aromatic rings. The van der Waals surface area contributed by atoms with E-state index in [1.165, 1.54) is 30.3 Å². The molecule has 1 aliphatic heterocycles. The zero-order chi connectivity index (χ0) is 21.1. The number of anilines is 2. The molecule has 2 aromatic carbocycles. The van der Waals surface area contributed by atoms with E-state index in [-0.39, 0.29) is 27.6 Å². The van der Waals surface area contributed by atoms with Crippen LogP contribution in [-0.4, -0.2) is 42.1 Å². The second-order valence-corrected chi connectivity index (χ2v) is 6.79. The molecule has 10 nitrogen and oxygen atoms in total. The number of ether oxygens (including phenoxy) is 1. The Kier molecular flexibility index (Phi) is 5.95. The Balaban J connectivity index is 1.97. The predicted molar refractivity (Wildman–Crippen MR) is 107 cm³/mol. The van der Waals surface area contributed by atoms with Crippen LogP contribution in [0, 0.1) is 27.2 Å². The molecule has 3 rings (SSSR count). The summed E-state index contributed by atoms with van der Waals surface area (Å²) in [6.45, 7) is 3.64. The topological polar surface area (TPSA) is 128 Å². The number of amides is 1. The minimum Gasteiger partial charge on any atom is -0.378 e. The number of non-ortho nitro benzene ring substituents is 1. The molecule has 0 atom stereocenters. The van der Waals surface area contributed by atoms with Crippen molar-refractivity contribution in [3.8, 4) is 0 Å². The van der Waals surface area contributed by atoms with E-state index in [0.29, 0.717) is 37.6 Å². The lowest BCUT2D eigenvalue weighted by atomic mass is 10.1. The van der Waals surface area contributed by atoms with Gasteiger partial charge in [-0.05, 0) is 24.6 Å². The number of nitro groups is 2. The molecule has 0 bridgehead atoms. The lowest BCUT2D eigenvalue weighted by molar-refractivity contribution is -0.385. The maximum absolute atomic E-state index is 13.0. The average Bonchev–Trinajstić information content (AvgIpc) is 2.70. The fraction of sp³-hybridized carbons (Fsp3) is 0.278. The lowest BCUT2D eigenvalue weighted by Gasteiger charge is -2.30. The van der Waals surface area contributed by atoms with Crippen molar-refractivity contribution in [3.05, 3.63) is 66.7 Å². The number of halogens is 1. The molecule has 0 aliphatic carbocycles. The van der Waals surface area contributed by atoms with Crippen LogP contribution in [0.5, 0.6) is 0 Å². The van der Waals surface area contributed by atoms with Gasteiger partial charge in [-0.1, -0.05) is 11.6 Å². The minimum atomic E-state index is -0.613. The smallest absolute Gasteiger partial charge is 0.288 e. The Labute approximate surface area is 170 Å². The van der Waals surface area contributed by atoms with E-state index in [0.717, 1.165) is 0 Å². The average molecular weight is 421 g/mol. The van der Waals surface area contributed by atoms with Gasteiger partial charge in [-0.3, -0.25) is 25.0 Å². The highest BCUT2D eigenvalue weighted by molar-refractivity contribution is 6.33. The quantitative estimate of drug-likeness (QED) is 0.578. The summed E-state index contributed by atoms with van der Waals surface area (Å²) in [5, 5.41) is 24.7. The Bertz CT molecular complexity index is 991. The molecule has 0 saturated carbocycles. The molecule has 152 valence electrons. The van der Waals surface area contributed by atoms with E-state index in [4.69, 9.17) is 16.3 Å². The summed E-state index contributed by atoms with van der Waals surface area (Å²) in [6, 6.07) is 6.64. The molecule has 29 heavy (non-hydrogen) atoms. The third-order valence-electron chi connectivity index (χ3n) is 4.53. The van der Waals surface area contributed by atoms with Gasteiger partial charge in [-0.2, -0.15) is 0 Å². The van der Waals surface area contributed by atoms with Crippen molar-refractivity contribution in [1.82, 2.24) is 0 Å². The van der Waals surface area contributed by atoms with Crippen LogP contribution in [-0.2, 0) is 4.74 Å². The molecule has 1 aliphatic rings. The van der Waals surface area contributed by atoms with E-state index in [9.17, 15) is 25.0 Å². The molecule has 1 saturated heterocycles. The third kappa shape index (κ3) is 4.44. The van der Waals surface area contributed by atoms with Gasteiger partial charge in [0.15, 0.2) is 0 Å². The maximum atomic E-state index is 13.0. The molecular formula is C18H17ClN4O6. The highest BCUT2D eigenvalue weighted by atomic mass is 35.5. The fourth-order valence-corrected chi connectivity index (χ4v) is 3.26. The zero-order valence-electron chi connectivity index (χ0n) is 15.4. The lowest BCUT2D eigenvalue weighted by Crippen LogP contribution is -2.37. The van der Waals surface area contributed by atoms with Gasteiger partial charge in [0.2, 0.25) is 0 Å². The van der Waals surface area contributed by atoms with Crippen LogP contribution < -0.4 is 10.2 Å². The second-order valence-electron chi connectivity index (χ2n) is 6.39. The summed E-state index contributed by atoms with van der Waals surface area (Å²) < 4.78 is 5.32. The number of hydrogen-bond acceptors (Lipinski definition) is 7. The molecule has 1 N–H and O–H groups in total. The standard InChI is InChI=1S/C18H17ClN4O6/c1-11-8-17(23(27)28)14(19)10-15(11)20-18(24)13-9-12(22(25)26)2-3-16(13)21-4-6-29-7-5-21/h2-3,8-10H,4-7H2,1H3,(H,20,24). The number of morpholine rings is 1. The molecule has 1 amide bonds. The Morgan fingerprint density at radius 3 is 2.45 bits per heavy atom. The number of hydrogen-bond donors (Lipinski definition) is 1. The Morgan fingerprint density at radius 1 is 1.14 bits per heavy atom. The number of nitrogens with zero attached hydrogens (tertiary/aromatic N) is 3. The van der Waals surface area contributed by atoms with Crippen LogP contribution in [0.25, 0.3) is 0 Å². The van der Waals surface area contributed by atoms with E-state index < -0.39 is 15.8 Å². The van der Waals surface area contributed by atoms with Crippen molar-refractivity contribution in [2.75, 3.05) is 36.5 Å². The van der Waals surface area contributed by atoms with Crippen LogP contribution in [0.4, 0.5) is 22.7 Å². The fourth-order valence-electron chi connectivity index (χ4n) is 3.03. The van der Waals surface area contributed by atoms with E-state index in [2.05, 4.69) is 5.32 Å². The normalized spacial score (nSPS) is 13.8. The second kappa shape index (κ2) is 8.41. The van der Waals surface area contributed by atoms with Gasteiger partial charge in [0, 0.05) is 37.0 Å². The first-order chi connectivity index (χ1) is 13.8. The SMILES string of the molecule is Cc1cc([N+](=O)[O-])c(Cl)cc1NC(=O)c1cc([N+](=O)[O-])ccc1N1CCOCC1. The number of nitro benzene ring substituents is 2. The number of carbonyl (C=O) groups excluding carboxylic acids is 1. The summed E-state index contributed by atoms with van der Waals surface area (Å²) in [4.78, 5) is 35.9. The first-order valence-corrected chi connectivity index (χ1v) is 9.02. The minimum absolute atomic E-state index is 0.120. The molecule has 0 aromatic heterocycles. The van der Waals surface area contributed by atoms with Crippen molar-refractivity contribution in [3.63, 3.8) is 0 Å². The third-order valence-corrected chi connectivity index (χ3v) is 4.83. The molecule has 1 heterocycles. The first kappa shape index (κ1) is 20.5. The maximum Gasteiger partial charge on any atom is 0.288 e. The molecule has 0 radical (unpaired) electrons. The van der Waals surface area contributed by atoms with Gasteiger partial charge in [-0.25, -0.2) is 0 Å². The number of rotatable bonds is 5. The predicted octanol–water partition coefficient (Wildman–Crippen LogP) is 3.55. The number of aryl methyl sites for hydroxylation is 1. The van der Waals surface area contributed by atoms with Crippen molar-refractivity contribution in [1.29, 1.82) is 0 Å². The number of benzene rings is 2. The van der Waals surface area contributed by atoms with Crippen molar-refractivity contribution < 1.29 is 19.4 Å². The van der Waals surface area contributed by atoms with E-state index in [1.54, 1.807) is 6.92 Å². The van der Waals surface area contributed by atoms with Gasteiger partial charge in [-0.15, -0.1) is 0 Å². The van der Waals surface area contributed by atoms with Crippen LogP contribution in [0.15, 0.2) is 30.3 Å². The highest BCUT2D eigenvalue weighted by Gasteiger charge is 2.23. The monoisotopic (exact) mass is 420 g/mol. The summed E-state index contributed by atoms with van der Waals surface area (Å²) in [5.41, 5.74) is 0.895. The summed E-state index contributed by atoms with van der Waals surface area (Å²) >= 11 is 5.94. The summed E-state index contributed by atoms with van der Waals surface area (Å²) in [5.74, 6) is -0.580. The molecule has 11 heteroatoms. The molecule has 0 unspecified atom stereocenters. The summed E-state index contributed by atoms with van der Waals surface area (Å²) in [7, 11) is 0. The Morgan fingerprint density at radius 2 is 1.83 bits per heavy atom. The van der Waals surface area contributed by atoms with E-state index >= 15 is 0 Å². The van der Waals surface area contributed by atoms with Gasteiger partial charge in [0.1, 0.15) is 5.02 Å². The molecule has 0 spiro atoms. The molecular weight excluding hydrogens is 404 g/mol. The van der Waals surface area contributed by atoms with Gasteiger partial charge >= 0.3 is 0 Å². The highest BCUT2D eigenvalue weighted by Crippen LogP contribution is 2.32. The van der Waals surface area contributed by atoms with Gasteiger partial charge in [0.05, 0.1) is 34.3 Å². The molecule has 1 fully saturated rings. The van der Waals surface area contributed by atoms with Crippen molar-refractivity contribution in [2.24, 2.45) is 0 Å². The number of nitrogens with one attached hydrogen (secondary N) is 1. The van der Waals surface area contributed by atoms with Crippen LogP contribution >= 0.6 is 11.6 Å². The first-order valence-electron chi connectivity index (χ1n) is 8.65. The van der Waals surface area contributed by atoms with E-state index in [1.807, 2.05) is 4.90 Å². The van der Waals surface area contributed by atoms with Crippen LogP contribution in [0.1, 0.15) is 15.9 Å². The zero-order valence-corrected chi connectivity index (χ0v) is 16.1. The Hall–Kier alpha value is -3.24. The van der Waals surface area contributed by atoms with Crippen molar-refractivity contribution >= 4 is 40.3 Å². The van der Waals surface area contributed by atoms with Crippen LogP contribution in [0.3, 0.4) is 0 Å². The largest absolute Gasteiger partial charge is 0.378 e. The van der Waals surface area contributed by atoms with Crippen molar-refractivity contribution in [2.45, 2.75) is 6.92 Å². The van der Waals surface area contributed by atoms with Crippen LogP contribution in [0.2, 0.25) is 5.02 Å². The summed E-state index contributed by atoms with van der Waals surface area (Å²) in [6.07, 6.45) is 0. The van der Waals surface area contributed by atoms with Gasteiger partial charge in [0.25, 0.3) is 17.3 Å².